The van der Waals surface area contributed by atoms with Gasteiger partial charge in [0.2, 0.25) is 0 Å². The molecule has 0 aliphatic rings. The number of anilines is 3. The number of benzene rings is 1. The summed E-state index contributed by atoms with van der Waals surface area (Å²) in [6, 6.07) is 11.4. The summed E-state index contributed by atoms with van der Waals surface area (Å²) in [7, 11) is 3.99. The second kappa shape index (κ2) is 6.64. The quantitative estimate of drug-likeness (QED) is 0.908. The van der Waals surface area contributed by atoms with Crippen molar-refractivity contribution in [1.29, 1.82) is 0 Å². The number of aromatic nitrogens is 2. The van der Waals surface area contributed by atoms with Crippen LogP contribution in [0.4, 0.5) is 17.2 Å². The predicted octanol–water partition coefficient (Wildman–Crippen LogP) is 2.81. The third kappa shape index (κ3) is 4.95. The highest BCUT2D eigenvalue weighted by Gasteiger charge is 2.16. The van der Waals surface area contributed by atoms with E-state index in [2.05, 4.69) is 20.8 Å². The maximum Gasteiger partial charge on any atom is 0.272 e. The number of carbonyl (C=O) groups excluding carboxylic acids is 1. The van der Waals surface area contributed by atoms with Crippen LogP contribution in [0.1, 0.15) is 31.3 Å². The van der Waals surface area contributed by atoms with Crippen LogP contribution in [0.5, 0.6) is 0 Å². The van der Waals surface area contributed by atoms with Crippen LogP contribution in [-0.2, 0) is 0 Å². The predicted molar refractivity (Wildman–Crippen MR) is 93.3 cm³/mol. The molecule has 0 fully saturated rings. The molecule has 23 heavy (non-hydrogen) atoms. The molecule has 0 aliphatic heterocycles. The molecule has 6 heteroatoms. The molecular weight excluding hydrogens is 290 g/mol. The van der Waals surface area contributed by atoms with Gasteiger partial charge >= 0.3 is 0 Å². The Balaban J connectivity index is 2.03. The summed E-state index contributed by atoms with van der Waals surface area (Å²) in [5.41, 5.74) is 2.03. The smallest absolute Gasteiger partial charge is 0.272 e. The molecule has 2 rings (SSSR count). The minimum absolute atomic E-state index is 0.230. The summed E-state index contributed by atoms with van der Waals surface area (Å²) in [6.45, 7) is 5.77. The zero-order valence-electron chi connectivity index (χ0n) is 14.2. The van der Waals surface area contributed by atoms with Gasteiger partial charge in [-0.3, -0.25) is 4.79 Å². The van der Waals surface area contributed by atoms with Crippen LogP contribution in [0.3, 0.4) is 0 Å². The standard InChI is InChI=1S/C17H23N5O/c1-17(2,3)19-16(23)14-10-11-15(21-20-14)18-12-6-8-13(9-7-12)22(4)5/h6-11H,1-5H3,(H,18,21)(H,19,23). The number of hydrogen-bond donors (Lipinski definition) is 2. The molecule has 0 unspecified atom stereocenters. The first-order valence-electron chi connectivity index (χ1n) is 7.45. The highest BCUT2D eigenvalue weighted by molar-refractivity contribution is 5.92. The maximum atomic E-state index is 12.0. The van der Waals surface area contributed by atoms with Crippen molar-refractivity contribution in [1.82, 2.24) is 15.5 Å². The van der Waals surface area contributed by atoms with Crippen LogP contribution >= 0.6 is 0 Å². The molecule has 0 bridgehead atoms. The number of carbonyl (C=O) groups is 1. The zero-order valence-corrected chi connectivity index (χ0v) is 14.2. The fourth-order valence-corrected chi connectivity index (χ4v) is 1.92. The molecule has 0 saturated carbocycles. The van der Waals surface area contributed by atoms with Crippen molar-refractivity contribution in [3.63, 3.8) is 0 Å². The summed E-state index contributed by atoms with van der Waals surface area (Å²) in [4.78, 5) is 14.0. The van der Waals surface area contributed by atoms with Gasteiger partial charge in [-0.2, -0.15) is 0 Å². The van der Waals surface area contributed by atoms with Crippen molar-refractivity contribution in [2.75, 3.05) is 24.3 Å². The lowest BCUT2D eigenvalue weighted by Crippen LogP contribution is -2.41. The second-order valence-electron chi connectivity index (χ2n) is 6.57. The first kappa shape index (κ1) is 16.7. The SMILES string of the molecule is CN(C)c1ccc(Nc2ccc(C(=O)NC(C)(C)C)nn2)cc1. The fraction of sp³-hybridized carbons (Fsp3) is 0.353. The van der Waals surface area contributed by atoms with Crippen LogP contribution in [-0.4, -0.2) is 35.7 Å². The normalized spacial score (nSPS) is 11.0. The number of rotatable bonds is 4. The Morgan fingerprint density at radius 2 is 1.65 bits per heavy atom. The van der Waals surface area contributed by atoms with E-state index < -0.39 is 0 Å². The minimum atomic E-state index is -0.302. The van der Waals surface area contributed by atoms with E-state index in [1.807, 2.05) is 64.0 Å². The van der Waals surface area contributed by atoms with Crippen molar-refractivity contribution < 1.29 is 4.79 Å². The minimum Gasteiger partial charge on any atom is -0.378 e. The molecule has 0 saturated heterocycles. The molecule has 0 spiro atoms. The first-order chi connectivity index (χ1) is 10.7. The summed E-state index contributed by atoms with van der Waals surface area (Å²) < 4.78 is 0. The van der Waals surface area contributed by atoms with Gasteiger partial charge in [0, 0.05) is 31.0 Å². The van der Waals surface area contributed by atoms with E-state index in [1.54, 1.807) is 12.1 Å². The maximum absolute atomic E-state index is 12.0. The summed E-state index contributed by atoms with van der Waals surface area (Å²) >= 11 is 0. The van der Waals surface area contributed by atoms with Gasteiger partial charge in [-0.1, -0.05) is 0 Å². The molecule has 0 aliphatic carbocycles. The van der Waals surface area contributed by atoms with Gasteiger partial charge in [-0.15, -0.1) is 10.2 Å². The Morgan fingerprint density at radius 3 is 2.13 bits per heavy atom. The van der Waals surface area contributed by atoms with Crippen molar-refractivity contribution in [3.05, 3.63) is 42.1 Å². The molecule has 2 aromatic rings. The van der Waals surface area contributed by atoms with Crippen LogP contribution in [0.25, 0.3) is 0 Å². The highest BCUT2D eigenvalue weighted by atomic mass is 16.2. The highest BCUT2D eigenvalue weighted by Crippen LogP contribution is 2.18. The topological polar surface area (TPSA) is 70.2 Å². The Hall–Kier alpha value is -2.63. The Morgan fingerprint density at radius 1 is 1.00 bits per heavy atom. The van der Waals surface area contributed by atoms with Crippen LogP contribution in [0.15, 0.2) is 36.4 Å². The van der Waals surface area contributed by atoms with E-state index in [-0.39, 0.29) is 11.4 Å². The van der Waals surface area contributed by atoms with Crippen LogP contribution < -0.4 is 15.5 Å². The Bertz CT molecular complexity index is 657. The van der Waals surface area contributed by atoms with Gasteiger partial charge in [-0.25, -0.2) is 0 Å². The lowest BCUT2D eigenvalue weighted by molar-refractivity contribution is 0.0913. The van der Waals surface area contributed by atoms with Gasteiger partial charge < -0.3 is 15.5 Å². The van der Waals surface area contributed by atoms with E-state index in [0.717, 1.165) is 11.4 Å². The van der Waals surface area contributed by atoms with Gasteiger partial charge in [0.15, 0.2) is 11.5 Å². The van der Waals surface area contributed by atoms with E-state index in [4.69, 9.17) is 0 Å². The number of amides is 1. The Kier molecular flexibility index (Phi) is 4.83. The molecule has 2 N–H and O–H groups in total. The van der Waals surface area contributed by atoms with Crippen molar-refractivity contribution >= 4 is 23.1 Å². The molecule has 0 radical (unpaired) electrons. The third-order valence-corrected chi connectivity index (χ3v) is 3.04. The largest absolute Gasteiger partial charge is 0.378 e. The number of nitrogens with zero attached hydrogens (tertiary/aromatic N) is 3. The second-order valence-corrected chi connectivity index (χ2v) is 6.57. The zero-order chi connectivity index (χ0) is 17.0. The first-order valence-corrected chi connectivity index (χ1v) is 7.45. The van der Waals surface area contributed by atoms with E-state index in [1.165, 1.54) is 0 Å². The summed E-state index contributed by atoms with van der Waals surface area (Å²) in [5.74, 6) is 0.363. The molecule has 1 heterocycles. The molecule has 6 nitrogen and oxygen atoms in total. The van der Waals surface area contributed by atoms with Gasteiger partial charge in [-0.05, 0) is 57.2 Å². The lowest BCUT2D eigenvalue weighted by atomic mass is 10.1. The van der Waals surface area contributed by atoms with Crippen molar-refractivity contribution in [2.45, 2.75) is 26.3 Å². The molecule has 1 amide bonds. The number of nitrogens with one attached hydrogen (secondary N) is 2. The van der Waals surface area contributed by atoms with Crippen LogP contribution in [0.2, 0.25) is 0 Å². The molecule has 1 aromatic heterocycles. The van der Waals surface area contributed by atoms with Crippen molar-refractivity contribution in [2.24, 2.45) is 0 Å². The van der Waals surface area contributed by atoms with Gasteiger partial charge in [0.05, 0.1) is 0 Å². The van der Waals surface area contributed by atoms with Crippen LogP contribution in [0, 0.1) is 0 Å². The van der Waals surface area contributed by atoms with E-state index >= 15 is 0 Å². The fourth-order valence-electron chi connectivity index (χ4n) is 1.92. The van der Waals surface area contributed by atoms with E-state index in [0.29, 0.717) is 11.5 Å². The van der Waals surface area contributed by atoms with Gasteiger partial charge in [0.1, 0.15) is 0 Å². The Labute approximate surface area is 136 Å². The molecule has 122 valence electrons. The monoisotopic (exact) mass is 313 g/mol. The van der Waals surface area contributed by atoms with E-state index in [9.17, 15) is 4.79 Å². The third-order valence-electron chi connectivity index (χ3n) is 3.04. The average molecular weight is 313 g/mol. The average Bonchev–Trinajstić information content (AvgIpc) is 2.46. The summed E-state index contributed by atoms with van der Waals surface area (Å²) in [6.07, 6.45) is 0. The van der Waals surface area contributed by atoms with Gasteiger partial charge in [0.25, 0.3) is 5.91 Å². The molecule has 0 atom stereocenters. The molecule has 1 aromatic carbocycles. The number of hydrogen-bond acceptors (Lipinski definition) is 5. The van der Waals surface area contributed by atoms with Crippen molar-refractivity contribution in [3.8, 4) is 0 Å². The summed E-state index contributed by atoms with van der Waals surface area (Å²) in [5, 5.41) is 14.0. The molecular formula is C17H23N5O. The lowest BCUT2D eigenvalue weighted by Gasteiger charge is -2.19.